The van der Waals surface area contributed by atoms with Crippen LogP contribution in [0.1, 0.15) is 56.0 Å². The number of hydrogen-bond donors (Lipinski definition) is 0. The van der Waals surface area contributed by atoms with Gasteiger partial charge in [-0.25, -0.2) is 18.3 Å². The van der Waals surface area contributed by atoms with E-state index in [2.05, 4.69) is 296 Å². The first-order valence-electron chi connectivity index (χ1n) is 42.8. The average molecular weight is 1800 g/mol. The molecule has 0 atom stereocenters. The molecule has 15 nitrogen and oxygen atoms in total. The van der Waals surface area contributed by atoms with Crippen LogP contribution in [0.4, 0.5) is 5.69 Å². The number of hydrogen-bond acceptors (Lipinski definition) is 4. The summed E-state index contributed by atoms with van der Waals surface area (Å²) in [5.74, 6) is 1.97. The van der Waals surface area contributed by atoms with E-state index in [0.29, 0.717) is 13.2 Å². The van der Waals surface area contributed by atoms with E-state index in [9.17, 15) is 0 Å². The minimum absolute atomic E-state index is 0. The second-order valence-electron chi connectivity index (χ2n) is 36.1. The number of pyridine rings is 5. The molecule has 0 fully saturated rings. The number of aryl methyl sites for hydroxylation is 2. The van der Waals surface area contributed by atoms with Gasteiger partial charge in [0.25, 0.3) is 28.8 Å². The molecule has 11 aromatic heterocycles. The van der Waals surface area contributed by atoms with Gasteiger partial charge in [-0.2, -0.15) is 29.7 Å². The molecule has 589 valence electrons. The first kappa shape index (κ1) is 70.0. The molecule has 0 saturated carbocycles. The Morgan fingerprint density at radius 2 is 0.935 bits per heavy atom. The van der Waals surface area contributed by atoms with Crippen LogP contribution in [0.25, 0.3) is 159 Å². The molecule has 0 spiro atoms. The van der Waals surface area contributed by atoms with Crippen LogP contribution in [0.15, 0.2) is 266 Å². The molecule has 12 aromatic carbocycles. The molecule has 33 rings (SSSR count). The van der Waals surface area contributed by atoms with Gasteiger partial charge < -0.3 is 18.3 Å². The van der Waals surface area contributed by atoms with E-state index in [4.69, 9.17) is 13.9 Å². The minimum atomic E-state index is -1.41. The summed E-state index contributed by atoms with van der Waals surface area (Å²) < 4.78 is 43.4. The summed E-state index contributed by atoms with van der Waals surface area (Å²) in [5.41, 5.74) is 30.1. The Hall–Kier alpha value is -13.7. The molecule has 21 heterocycles. The summed E-state index contributed by atoms with van der Waals surface area (Å²) in [7, 11) is -0.876. The van der Waals surface area contributed by atoms with Crippen LogP contribution < -0.4 is 38.2 Å². The van der Waals surface area contributed by atoms with Crippen LogP contribution >= 0.6 is 0 Å². The molecule has 18 heteroatoms. The summed E-state index contributed by atoms with van der Waals surface area (Å²) in [6, 6.07) is 90.8. The number of aromatic nitrogens is 10. The zero-order valence-corrected chi connectivity index (χ0v) is 72.7. The number of ether oxygens (including phenoxy) is 2. The fourth-order valence-electron chi connectivity index (χ4n) is 23.2. The van der Waals surface area contributed by atoms with Gasteiger partial charge in [0.2, 0.25) is 6.20 Å². The van der Waals surface area contributed by atoms with Crippen molar-refractivity contribution in [2.24, 2.45) is 0 Å². The van der Waals surface area contributed by atoms with Gasteiger partial charge in [-0.05, 0) is 58.8 Å². The Labute approximate surface area is 719 Å². The number of nitrogens with zero attached hydrogens (tertiary/aromatic N) is 12. The predicted octanol–water partition coefficient (Wildman–Crippen LogP) is 18.3. The van der Waals surface area contributed by atoms with Crippen molar-refractivity contribution in [2.75, 3.05) is 7.05 Å². The zero-order valence-electron chi connectivity index (χ0n) is 68.3. The molecule has 0 N–H and O–H groups in total. The van der Waals surface area contributed by atoms with Crippen molar-refractivity contribution in [3.63, 3.8) is 0 Å². The quantitative estimate of drug-likeness (QED) is 0.0709. The van der Waals surface area contributed by atoms with E-state index in [1.807, 2.05) is 71.2 Å². The van der Waals surface area contributed by atoms with E-state index in [1.54, 1.807) is 16.1 Å². The maximum Gasteiger partial charge on any atom is 0.493 e. The molecule has 23 aromatic rings. The molecule has 0 aliphatic carbocycles. The largest absolute Gasteiger partial charge is 0.509 e. The first-order chi connectivity index (χ1) is 59.9. The number of benzene rings is 12. The van der Waals surface area contributed by atoms with Crippen LogP contribution in [0, 0.1) is 12.1 Å². The maximum absolute atomic E-state index is 5.97. The van der Waals surface area contributed by atoms with Crippen LogP contribution in [0.5, 0.6) is 11.6 Å². The molecular weight excluding hydrogens is 1730 g/mol. The van der Waals surface area contributed by atoms with Gasteiger partial charge in [0.15, 0.2) is 48.0 Å². The minimum Gasteiger partial charge on any atom is -0.509 e. The van der Waals surface area contributed by atoms with Crippen LogP contribution in [-0.2, 0) is 84.4 Å². The fourth-order valence-corrected chi connectivity index (χ4v) is 28.7. The molecule has 10 aliphatic rings. The summed E-state index contributed by atoms with van der Waals surface area (Å²) in [4.78, 5) is 4.63. The molecular formula is C105H78IrN12O3Si2+4. The zero-order chi connectivity index (χ0) is 80.2. The molecule has 0 unspecified atom stereocenters. The molecule has 0 saturated heterocycles. The monoisotopic (exact) mass is 1800 g/mol. The van der Waals surface area contributed by atoms with Crippen molar-refractivity contribution in [1.29, 1.82) is 0 Å². The van der Waals surface area contributed by atoms with E-state index in [-0.39, 0.29) is 20.1 Å². The van der Waals surface area contributed by atoms with E-state index < -0.39 is 16.1 Å². The number of fused-ring (bicyclic) bond motifs is 10. The van der Waals surface area contributed by atoms with E-state index in [0.717, 1.165) is 89.3 Å². The summed E-state index contributed by atoms with van der Waals surface area (Å²) >= 11 is 0. The van der Waals surface area contributed by atoms with Crippen molar-refractivity contribution in [1.82, 2.24) is 27.0 Å². The van der Waals surface area contributed by atoms with Crippen molar-refractivity contribution in [3.8, 4) is 11.6 Å². The summed E-state index contributed by atoms with van der Waals surface area (Å²) in [6.45, 7) is 15.4. The van der Waals surface area contributed by atoms with Gasteiger partial charge in [0.1, 0.15) is 87.1 Å². The Morgan fingerprint density at radius 3 is 1.62 bits per heavy atom. The van der Waals surface area contributed by atoms with Gasteiger partial charge in [-0.3, -0.25) is 4.98 Å². The van der Waals surface area contributed by atoms with E-state index >= 15 is 0 Å². The van der Waals surface area contributed by atoms with Crippen molar-refractivity contribution in [2.45, 2.75) is 90.5 Å². The maximum atomic E-state index is 5.97. The van der Waals surface area contributed by atoms with Crippen LogP contribution in [0.3, 0.4) is 0 Å². The van der Waals surface area contributed by atoms with Crippen LogP contribution in [-0.4, -0.2) is 65.3 Å². The summed E-state index contributed by atoms with van der Waals surface area (Å²) in [5, 5.41) is 26.0. The third-order valence-electron chi connectivity index (χ3n) is 28.2. The molecule has 1 radical (unpaired) electrons. The van der Waals surface area contributed by atoms with Gasteiger partial charge in [0, 0.05) is 120 Å². The Balaban J connectivity index is 0.0000000773. The Kier molecular flexibility index (Phi) is 14.2. The van der Waals surface area contributed by atoms with Gasteiger partial charge >= 0.3 is 11.9 Å². The Morgan fingerprint density at radius 1 is 0.398 bits per heavy atom. The first-order valence-corrected chi connectivity index (χ1v) is 49.2. The number of para-hydroxylation sites is 6. The predicted molar refractivity (Wildman–Crippen MR) is 486 cm³/mol. The smallest absolute Gasteiger partial charge is 0.493 e. The topological polar surface area (TPSA) is 88.1 Å². The molecule has 0 bridgehead atoms. The fraction of sp³-hybridized carbons (Fsp3) is 0.143. The standard InChI is InChI=1S/2C19H17N2Si.2C17H11N2O.C17H11N2.C16H11N2O.Ir/c1-22(2)11-13-6-4-8-15-14-7-3-5-12-9-20-10-16(22)21(18(13)15)19(20)17(12)14;1-22(2)11-13-10-20-9-12-5-3-6-14-15-7-4-8-16(22)18(15)21(13)19(20)17(12)14;1-3-10-7-18-8-14-19-16-11(9-20-14)4-2-6-13(16)12(5-1)15(10)17(18)19;1-3-10-7-18-8-11-9-20-14-6-2-5-13-12(4-1)15(10)17(18)19(11)16(13)14;1-2-6-15-13(5-1)14-7-3-4-11-8-9-12-10-18-17(15)19(12)16(11)14;1-17-9-10-18(11-17)14-7-4-6-13-12-5-2-3-8-15(12)19-16(13)14;/h2*3-8,10H,9,11H2,1-2H3;2*1-6,8H,7,9H2;1-5,7,10H,8-9H2;2-6,8-10H,1H3;/q4*+1;-1;+1;. The third kappa shape index (κ3) is 9.48. The van der Waals surface area contributed by atoms with Crippen LogP contribution in [0.2, 0.25) is 26.2 Å². The normalized spacial score (nSPS) is 15.5. The average Bonchev–Trinajstić information content (AvgIpc) is 1.53. The number of furan rings is 1. The number of imidazole rings is 5. The molecule has 123 heavy (non-hydrogen) atoms. The van der Waals surface area contributed by atoms with Crippen molar-refractivity contribution >= 4 is 197 Å². The molecule has 10 aliphatic heterocycles. The third-order valence-corrected chi connectivity index (χ3v) is 34.3. The van der Waals surface area contributed by atoms with Crippen molar-refractivity contribution in [3.05, 3.63) is 330 Å². The summed E-state index contributed by atoms with van der Waals surface area (Å²) in [6.07, 6.45) is 17.3. The van der Waals surface area contributed by atoms with Crippen molar-refractivity contribution < 1.29 is 61.4 Å². The van der Waals surface area contributed by atoms with Gasteiger partial charge in [-0.1, -0.05) is 216 Å². The second kappa shape index (κ2) is 25.0. The number of rotatable bonds is 1. The second-order valence-corrected chi connectivity index (χ2v) is 45.4. The Bertz CT molecular complexity index is 8840. The van der Waals surface area contributed by atoms with Gasteiger partial charge in [-0.15, -0.1) is 35.7 Å². The van der Waals surface area contributed by atoms with E-state index in [1.165, 1.54) is 188 Å². The SMILES string of the molecule is C[N+]1=C=[N+](c2[c-]ccc3c2oc2ccccc23)C=C1.C[Si]1(C)Cc2c[n+]3c4c5c(cccc5c5cccc1c5n24)C3.C[Si]1(C)Cc2cccc3c4cccc5c4c4n(c1c[n+]4C5)c23.[Ir].[c-]1cccc2c1c1ncc3n1c1c(cccc21)CC3.c1cc2c3c(c1)c1cccc4c1n1c(c[n+](c31)C2)CO4.c1cc2c3c(c1)c1cccc4c1n1c(c[n+](c31)C2)OC4. The van der Waals surface area contributed by atoms with Gasteiger partial charge in [0.05, 0.1) is 40.8 Å². The molecule has 0 amide bonds.